The summed E-state index contributed by atoms with van der Waals surface area (Å²) in [6, 6.07) is 29.2. The Morgan fingerprint density at radius 1 is 0.911 bits per heavy atom. The van der Waals surface area contributed by atoms with Gasteiger partial charge in [0.1, 0.15) is 6.61 Å². The Balaban J connectivity index is 1.38. The molecule has 0 aromatic heterocycles. The summed E-state index contributed by atoms with van der Waals surface area (Å²) in [5.41, 5.74) is 2.14. The molecule has 1 spiro atoms. The molecule has 6 rings (SSSR count). The molecule has 0 N–H and O–H groups in total. The number of nitrogens with zero attached hydrogens (tertiary/aromatic N) is 1. The predicted octanol–water partition coefficient (Wildman–Crippen LogP) is 7.94. The summed E-state index contributed by atoms with van der Waals surface area (Å²) in [5.74, 6) is -0.801. The van der Waals surface area contributed by atoms with Crippen LogP contribution in [0.3, 0.4) is 0 Å². The Morgan fingerprint density at radius 3 is 2.29 bits per heavy atom. The zero-order valence-electron chi connectivity index (χ0n) is 24.7. The fourth-order valence-electron chi connectivity index (χ4n) is 6.58. The van der Waals surface area contributed by atoms with E-state index >= 15 is 0 Å². The van der Waals surface area contributed by atoms with Crippen LogP contribution in [0.4, 0.5) is 13.2 Å². The molecule has 0 amide bonds. The van der Waals surface area contributed by atoms with Crippen molar-refractivity contribution in [2.24, 2.45) is 0 Å². The number of alkyl halides is 3. The van der Waals surface area contributed by atoms with Crippen molar-refractivity contribution in [2.75, 3.05) is 13.2 Å². The summed E-state index contributed by atoms with van der Waals surface area (Å²) < 4.78 is 87.4. The van der Waals surface area contributed by atoms with E-state index in [1.807, 2.05) is 67.6 Å². The lowest BCUT2D eigenvalue weighted by atomic mass is 9.76. The average molecular weight is 638 g/mol. The number of halogens is 3. The van der Waals surface area contributed by atoms with Crippen LogP contribution in [0.2, 0.25) is 0 Å². The van der Waals surface area contributed by atoms with Crippen LogP contribution >= 0.6 is 0 Å². The minimum absolute atomic E-state index is 0.000492. The van der Waals surface area contributed by atoms with Gasteiger partial charge in [0.2, 0.25) is 10.0 Å². The largest absolute Gasteiger partial charge is 0.573 e. The van der Waals surface area contributed by atoms with Gasteiger partial charge in [-0.25, -0.2) is 8.42 Å². The van der Waals surface area contributed by atoms with Gasteiger partial charge in [0, 0.05) is 18.0 Å². The molecule has 6 nitrogen and oxygen atoms in total. The van der Waals surface area contributed by atoms with Gasteiger partial charge in [0.05, 0.1) is 23.1 Å². The molecule has 0 radical (unpaired) electrons. The molecule has 45 heavy (non-hydrogen) atoms. The maximum atomic E-state index is 14.2. The Kier molecular flexibility index (Phi) is 8.65. The van der Waals surface area contributed by atoms with Gasteiger partial charge in [0.25, 0.3) is 0 Å². The van der Waals surface area contributed by atoms with Crippen LogP contribution in [0.1, 0.15) is 53.5 Å². The number of aryl methyl sites for hydroxylation is 1. The van der Waals surface area contributed by atoms with Crippen molar-refractivity contribution in [3.8, 4) is 11.5 Å². The molecule has 4 aromatic rings. The molecule has 4 aromatic carbocycles. The van der Waals surface area contributed by atoms with Crippen molar-refractivity contribution in [1.82, 2.24) is 4.31 Å². The van der Waals surface area contributed by atoms with E-state index < -0.39 is 33.8 Å². The molecule has 2 fully saturated rings. The summed E-state index contributed by atoms with van der Waals surface area (Å²) in [6.45, 7) is 2.43. The van der Waals surface area contributed by atoms with Crippen LogP contribution in [-0.4, -0.2) is 37.8 Å². The summed E-state index contributed by atoms with van der Waals surface area (Å²) >= 11 is 0. The van der Waals surface area contributed by atoms with E-state index in [0.717, 1.165) is 16.7 Å². The van der Waals surface area contributed by atoms with Crippen LogP contribution in [0, 0.1) is 6.92 Å². The van der Waals surface area contributed by atoms with E-state index in [0.29, 0.717) is 31.4 Å². The van der Waals surface area contributed by atoms with Gasteiger partial charge in [-0.15, -0.1) is 13.2 Å². The van der Waals surface area contributed by atoms with Crippen LogP contribution in [0.25, 0.3) is 0 Å². The lowest BCUT2D eigenvalue weighted by molar-refractivity contribution is -0.275. The summed E-state index contributed by atoms with van der Waals surface area (Å²) in [6.07, 6.45) is -3.38. The van der Waals surface area contributed by atoms with Gasteiger partial charge in [-0.05, 0) is 55.5 Å². The van der Waals surface area contributed by atoms with Crippen molar-refractivity contribution in [1.29, 1.82) is 0 Å². The van der Waals surface area contributed by atoms with Crippen molar-refractivity contribution in [3.63, 3.8) is 0 Å². The molecule has 2 aliphatic rings. The lowest BCUT2D eigenvalue weighted by Gasteiger charge is -2.47. The molecule has 2 heterocycles. The van der Waals surface area contributed by atoms with Gasteiger partial charge in [0.15, 0.2) is 11.5 Å². The van der Waals surface area contributed by atoms with E-state index in [9.17, 15) is 21.6 Å². The molecule has 2 aliphatic heterocycles. The van der Waals surface area contributed by atoms with Crippen LogP contribution in [-0.2, 0) is 21.4 Å². The minimum atomic E-state index is -4.91. The lowest BCUT2D eigenvalue weighted by Crippen LogP contribution is -2.52. The summed E-state index contributed by atoms with van der Waals surface area (Å²) in [4.78, 5) is 0.203. The minimum Gasteiger partial charge on any atom is -0.485 e. The first kappa shape index (κ1) is 31.1. The van der Waals surface area contributed by atoms with Gasteiger partial charge in [-0.2, -0.15) is 4.31 Å². The van der Waals surface area contributed by atoms with E-state index in [2.05, 4.69) is 4.74 Å². The number of benzene rings is 4. The van der Waals surface area contributed by atoms with Gasteiger partial charge < -0.3 is 14.2 Å². The highest BCUT2D eigenvalue weighted by Gasteiger charge is 2.54. The van der Waals surface area contributed by atoms with Crippen LogP contribution < -0.4 is 9.47 Å². The van der Waals surface area contributed by atoms with Crippen LogP contribution in [0.15, 0.2) is 108 Å². The highest BCUT2D eigenvalue weighted by Crippen LogP contribution is 2.54. The highest BCUT2D eigenvalue weighted by molar-refractivity contribution is 7.89. The fourth-order valence-corrected chi connectivity index (χ4v) is 8.29. The van der Waals surface area contributed by atoms with E-state index in [4.69, 9.17) is 9.47 Å². The smallest absolute Gasteiger partial charge is 0.485 e. The number of hydrogen-bond donors (Lipinski definition) is 0. The van der Waals surface area contributed by atoms with Crippen molar-refractivity contribution < 1.29 is 35.8 Å². The number of sulfonamides is 1. The zero-order valence-corrected chi connectivity index (χ0v) is 25.6. The van der Waals surface area contributed by atoms with Gasteiger partial charge in [-0.1, -0.05) is 90.5 Å². The molecular weight excluding hydrogens is 603 g/mol. The number of ether oxygens (including phenoxy) is 3. The highest BCUT2D eigenvalue weighted by atomic mass is 32.2. The van der Waals surface area contributed by atoms with Gasteiger partial charge >= 0.3 is 6.36 Å². The molecule has 236 valence electrons. The Bertz CT molecular complexity index is 1720. The average Bonchev–Trinajstić information content (AvgIpc) is 3.44. The fraction of sp³-hybridized carbons (Fsp3) is 0.314. The third kappa shape index (κ3) is 6.59. The zero-order chi connectivity index (χ0) is 31.7. The van der Waals surface area contributed by atoms with Crippen LogP contribution in [0.5, 0.6) is 11.5 Å². The number of hydrogen-bond acceptors (Lipinski definition) is 5. The first-order chi connectivity index (χ1) is 21.6. The van der Waals surface area contributed by atoms with Crippen molar-refractivity contribution in [3.05, 3.63) is 125 Å². The molecular formula is C35H34F3NO5S. The maximum absolute atomic E-state index is 14.2. The second-order valence-corrected chi connectivity index (χ2v) is 13.5. The number of para-hydroxylation sites is 1. The quantitative estimate of drug-likeness (QED) is 0.196. The van der Waals surface area contributed by atoms with E-state index in [1.165, 1.54) is 16.4 Å². The molecule has 0 aliphatic carbocycles. The van der Waals surface area contributed by atoms with E-state index in [-0.39, 0.29) is 29.8 Å². The number of rotatable bonds is 8. The predicted molar refractivity (Wildman–Crippen MR) is 163 cm³/mol. The van der Waals surface area contributed by atoms with Gasteiger partial charge in [-0.3, -0.25) is 0 Å². The molecule has 0 saturated carbocycles. The first-order valence-corrected chi connectivity index (χ1v) is 16.3. The van der Waals surface area contributed by atoms with Crippen molar-refractivity contribution >= 4 is 10.0 Å². The molecule has 2 saturated heterocycles. The summed E-state index contributed by atoms with van der Waals surface area (Å²) in [5, 5.41) is 0. The molecule has 0 bridgehead atoms. The Hall–Kier alpha value is -3.86. The van der Waals surface area contributed by atoms with E-state index in [1.54, 1.807) is 30.3 Å². The number of piperidine rings is 1. The Morgan fingerprint density at radius 2 is 1.60 bits per heavy atom. The molecule has 2 unspecified atom stereocenters. The normalized spacial score (nSPS) is 22.4. The third-order valence-corrected chi connectivity index (χ3v) is 10.5. The second-order valence-electron chi connectivity index (χ2n) is 11.6. The molecule has 10 heteroatoms. The third-order valence-electron chi connectivity index (χ3n) is 8.57. The second kappa shape index (κ2) is 12.5. The maximum Gasteiger partial charge on any atom is 0.573 e. The topological polar surface area (TPSA) is 65.1 Å². The first-order valence-electron chi connectivity index (χ1n) is 14.9. The summed E-state index contributed by atoms with van der Waals surface area (Å²) in [7, 11) is -3.91. The SMILES string of the molecule is Cc1ccc(S(=O)(=O)N2CCC[C@]3(CC(c4cccc(OC(F)(F)F)c4OCc4ccccc4)CO3)C2c2ccccc2)cc1. The Labute approximate surface area is 261 Å². The standard InChI is InChI=1S/C35H34F3NO5S/c1-25-16-18-29(19-17-25)45(40,41)39-21-9-20-34(33(39)27-12-6-3-7-13-27)22-28(24-43-34)30-14-8-15-31(44-35(36,37)38)32(30)42-23-26-10-4-2-5-11-26/h2-8,10-19,28,33H,9,20-24H2,1H3/t28?,33?,34-/m0/s1. The monoisotopic (exact) mass is 637 g/mol. The van der Waals surface area contributed by atoms with Crippen molar-refractivity contribution in [2.45, 2.75) is 61.6 Å². The molecule has 3 atom stereocenters.